The monoisotopic (exact) mass is 1210 g/mol. The molecule has 0 bridgehead atoms. The molecule has 3 aliphatic rings. The van der Waals surface area contributed by atoms with Crippen molar-refractivity contribution >= 4 is 82.8 Å². The van der Waals surface area contributed by atoms with Crippen LogP contribution in [-0.2, 0) is 67.1 Å². The van der Waals surface area contributed by atoms with E-state index in [4.69, 9.17) is 11.5 Å². The van der Waals surface area contributed by atoms with Gasteiger partial charge in [-0.15, -0.1) is 0 Å². The van der Waals surface area contributed by atoms with Crippen molar-refractivity contribution in [3.63, 3.8) is 0 Å². The summed E-state index contributed by atoms with van der Waals surface area (Å²) in [6.07, 6.45) is -1.48. The molecule has 0 aliphatic carbocycles. The van der Waals surface area contributed by atoms with Crippen LogP contribution in [0.4, 0.5) is 0 Å². The lowest BCUT2D eigenvalue weighted by atomic mass is 10.0. The number of nitrogens with two attached hydrogens (primary N) is 2. The number of carboxylic acids is 2. The average Bonchev–Trinajstić information content (AvgIpc) is 2.89. The van der Waals surface area contributed by atoms with Crippen LogP contribution in [0.2, 0.25) is 0 Å². The van der Waals surface area contributed by atoms with Gasteiger partial charge in [-0.3, -0.25) is 62.3 Å². The third kappa shape index (κ3) is 22.1. The van der Waals surface area contributed by atoms with Crippen molar-refractivity contribution in [3.05, 3.63) is 0 Å². The normalized spacial score (nSPS) is 19.9. The minimum absolute atomic E-state index is 0.00773. The number of nitrogens with zero attached hydrogens (tertiary/aromatic N) is 3. The molecule has 16 N–H and O–H groups in total. The number of hydrogen-bond donors (Lipinski definition) is 14. The number of rotatable bonds is 33. The Labute approximate surface area is 493 Å². The Kier molecular flexibility index (Phi) is 28.5. The number of aliphatic hydroxyl groups excluding tert-OH is 2. The molecular weight excluding hydrogens is 1120 g/mol. The molecule has 31 nitrogen and oxygen atoms in total. The van der Waals surface area contributed by atoms with Gasteiger partial charge >= 0.3 is 11.9 Å². The van der Waals surface area contributed by atoms with Crippen LogP contribution in [0.1, 0.15) is 132 Å². The predicted octanol–water partition coefficient (Wildman–Crippen LogP) is -4.85. The SMILES string of the molecule is CC(C)C[C@H](NC(=O)CNC(=O)[C@@H](N)CC(C)C)C(=O)N[C@@H](CCC(N)=O)C(=O)N1CCC[C@H]1C(=O)N1CCC[C@H]1C(=O)N[C@H](C(=O)N[C@@H](CO)C(=O)N[C@@H](C)C(=O)N[C@@H](CC(C)C)C(=O)N[C@@H](CC(=O)O)C(=O)N1CCC[C@H]1C(=O)O)[C@@H](C)O. The summed E-state index contributed by atoms with van der Waals surface area (Å²) in [5.74, 6) is -13.5. The second-order valence-corrected chi connectivity index (χ2v) is 23.2. The Morgan fingerprint density at radius 1 is 0.529 bits per heavy atom. The van der Waals surface area contributed by atoms with Crippen LogP contribution in [0.5, 0.6) is 0 Å². The van der Waals surface area contributed by atoms with Crippen LogP contribution >= 0.6 is 0 Å². The minimum Gasteiger partial charge on any atom is -0.481 e. The fraction of sp³-hybridized carbons (Fsp3) is 0.741. The number of nitrogens with one attached hydrogen (secondary N) is 8. The first-order chi connectivity index (χ1) is 39.8. The van der Waals surface area contributed by atoms with E-state index in [0.29, 0.717) is 25.7 Å². The van der Waals surface area contributed by atoms with Gasteiger partial charge in [-0.2, -0.15) is 0 Å². The van der Waals surface area contributed by atoms with Crippen LogP contribution in [-0.4, -0.2) is 223 Å². The van der Waals surface area contributed by atoms with Crippen molar-refractivity contribution in [2.75, 3.05) is 32.8 Å². The van der Waals surface area contributed by atoms with Crippen LogP contribution < -0.4 is 54.0 Å². The van der Waals surface area contributed by atoms with Crippen LogP contribution in [0.15, 0.2) is 0 Å². The van der Waals surface area contributed by atoms with E-state index in [9.17, 15) is 87.5 Å². The molecule has 0 aromatic rings. The number of carbonyl (C=O) groups excluding carboxylic acids is 12. The minimum atomic E-state index is -1.80. The van der Waals surface area contributed by atoms with Crippen molar-refractivity contribution in [1.82, 2.24) is 57.2 Å². The van der Waals surface area contributed by atoms with Crippen molar-refractivity contribution in [2.45, 2.75) is 205 Å². The fourth-order valence-corrected chi connectivity index (χ4v) is 10.3. The van der Waals surface area contributed by atoms with Gasteiger partial charge in [0, 0.05) is 26.1 Å². The summed E-state index contributed by atoms with van der Waals surface area (Å²) in [6.45, 7) is 11.6. The Morgan fingerprint density at radius 3 is 1.52 bits per heavy atom. The van der Waals surface area contributed by atoms with Crippen LogP contribution in [0.3, 0.4) is 0 Å². The molecule has 12 atom stereocenters. The zero-order valence-electron chi connectivity index (χ0n) is 49.7. The van der Waals surface area contributed by atoms with Gasteiger partial charge in [-0.05, 0) is 95.8 Å². The van der Waals surface area contributed by atoms with Crippen LogP contribution in [0, 0.1) is 17.8 Å². The van der Waals surface area contributed by atoms with Crippen molar-refractivity contribution in [2.24, 2.45) is 29.2 Å². The Morgan fingerprint density at radius 2 is 1.00 bits per heavy atom. The zero-order valence-corrected chi connectivity index (χ0v) is 49.7. The number of primary amides is 1. The largest absolute Gasteiger partial charge is 0.481 e. The molecule has 0 aromatic heterocycles. The van der Waals surface area contributed by atoms with Crippen molar-refractivity contribution < 1.29 is 87.5 Å². The first-order valence-electron chi connectivity index (χ1n) is 28.9. The van der Waals surface area contributed by atoms with Gasteiger partial charge in [0.2, 0.25) is 70.9 Å². The number of aliphatic carboxylic acids is 2. The third-order valence-corrected chi connectivity index (χ3v) is 14.6. The van der Waals surface area contributed by atoms with Gasteiger partial charge < -0.3 is 89.1 Å². The van der Waals surface area contributed by atoms with E-state index in [-0.39, 0.29) is 82.3 Å². The molecule has 85 heavy (non-hydrogen) atoms. The van der Waals surface area contributed by atoms with Crippen molar-refractivity contribution in [1.29, 1.82) is 0 Å². The van der Waals surface area contributed by atoms with E-state index in [0.717, 1.165) is 11.8 Å². The number of aliphatic hydroxyl groups is 2. The average molecular weight is 1210 g/mol. The maximum Gasteiger partial charge on any atom is 0.326 e. The highest BCUT2D eigenvalue weighted by molar-refractivity contribution is 6.00. The second kappa shape index (κ2) is 33.8. The lowest BCUT2D eigenvalue weighted by Gasteiger charge is -2.34. The van der Waals surface area contributed by atoms with Gasteiger partial charge in [0.05, 0.1) is 31.7 Å². The number of amides is 12. The second-order valence-electron chi connectivity index (χ2n) is 23.2. The molecule has 3 aliphatic heterocycles. The highest BCUT2D eigenvalue weighted by atomic mass is 16.4. The molecule has 0 saturated carbocycles. The van der Waals surface area contributed by atoms with E-state index in [1.165, 1.54) is 16.7 Å². The topological polar surface area (TPSA) is 478 Å². The summed E-state index contributed by atoms with van der Waals surface area (Å²) in [5, 5.41) is 59.4. The predicted molar refractivity (Wildman–Crippen MR) is 300 cm³/mol. The number of carbonyl (C=O) groups is 14. The number of likely N-dealkylation sites (tertiary alicyclic amines) is 3. The van der Waals surface area contributed by atoms with Gasteiger partial charge in [-0.1, -0.05) is 41.5 Å². The molecule has 0 unspecified atom stereocenters. The molecular formula is C54H89N13O18. The fourth-order valence-electron chi connectivity index (χ4n) is 10.3. The van der Waals surface area contributed by atoms with Crippen molar-refractivity contribution in [3.8, 4) is 0 Å². The standard InChI is InChI=1S/C54H89N13O18/c1-26(2)20-31(55)45(75)57-24-41(71)59-33(21-27(3)4)46(76)60-32(15-16-40(56)70)51(81)66-18-10-13-38(66)53(83)65-17-9-12-37(65)49(79)64-43(30(8)69)50(80)63-36(25-68)48(78)58-29(7)44(74)61-34(22-28(5)6)47(77)62-35(23-42(72)73)52(82)67-19-11-14-39(67)54(84)85/h26-39,43,68-69H,9-25,55H2,1-8H3,(H2,56,70)(H,57,75)(H,58,78)(H,59,71)(H,60,76)(H,61,74)(H,62,77)(H,63,80)(H,64,79)(H,72,73)(H,84,85)/t29-,30+,31-,32-,33-,34-,35-,36-,37-,38-,39-,43-/m0/s1. The van der Waals surface area contributed by atoms with Gasteiger partial charge in [0.1, 0.15) is 60.4 Å². The van der Waals surface area contributed by atoms with E-state index in [1.54, 1.807) is 27.7 Å². The summed E-state index contributed by atoms with van der Waals surface area (Å²) in [5.41, 5.74) is 11.4. The van der Waals surface area contributed by atoms with Gasteiger partial charge in [-0.25, -0.2) is 4.79 Å². The molecule has 0 aromatic carbocycles. The summed E-state index contributed by atoms with van der Waals surface area (Å²) in [6, 6.07) is -15.3. The molecule has 3 heterocycles. The summed E-state index contributed by atoms with van der Waals surface area (Å²) < 4.78 is 0. The smallest absolute Gasteiger partial charge is 0.326 e. The lowest BCUT2D eigenvalue weighted by Crippen LogP contribution is -2.62. The number of hydrogen-bond acceptors (Lipinski definition) is 17. The highest BCUT2D eigenvalue weighted by Crippen LogP contribution is 2.27. The Balaban J connectivity index is 1.71. The number of carboxylic acid groups (broad SMARTS) is 2. The van der Waals surface area contributed by atoms with Gasteiger partial charge in [0.25, 0.3) is 0 Å². The first kappa shape index (κ1) is 71.7. The molecule has 31 heteroatoms. The Bertz CT molecular complexity index is 2440. The zero-order chi connectivity index (χ0) is 64.2. The summed E-state index contributed by atoms with van der Waals surface area (Å²) >= 11 is 0. The molecule has 0 radical (unpaired) electrons. The maximum absolute atomic E-state index is 14.4. The van der Waals surface area contributed by atoms with E-state index < -0.39 is 175 Å². The molecule has 12 amide bonds. The quantitative estimate of drug-likeness (QED) is 0.0293. The molecule has 3 fully saturated rings. The van der Waals surface area contributed by atoms with E-state index in [2.05, 4.69) is 42.5 Å². The third-order valence-electron chi connectivity index (χ3n) is 14.6. The Hall–Kier alpha value is -7.54. The molecule has 3 rings (SSSR count). The van der Waals surface area contributed by atoms with E-state index >= 15 is 0 Å². The first-order valence-corrected chi connectivity index (χ1v) is 28.9. The van der Waals surface area contributed by atoms with E-state index in [1.807, 2.05) is 13.8 Å². The summed E-state index contributed by atoms with van der Waals surface area (Å²) in [7, 11) is 0. The molecule has 478 valence electrons. The van der Waals surface area contributed by atoms with Crippen LogP contribution in [0.25, 0.3) is 0 Å². The summed E-state index contributed by atoms with van der Waals surface area (Å²) in [4.78, 5) is 189. The molecule has 3 saturated heterocycles. The molecule has 0 spiro atoms. The highest BCUT2D eigenvalue weighted by Gasteiger charge is 2.45. The van der Waals surface area contributed by atoms with Gasteiger partial charge in [0.15, 0.2) is 0 Å². The maximum atomic E-state index is 14.4. The lowest BCUT2D eigenvalue weighted by molar-refractivity contribution is -0.150.